The fourth-order valence-electron chi connectivity index (χ4n) is 1.03. The fraction of sp³-hybridized carbons (Fsp3) is 0.182. The molecule has 2 nitrogen and oxygen atoms in total. The van der Waals surface area contributed by atoms with Gasteiger partial charge < -0.3 is 4.74 Å². The van der Waals surface area contributed by atoms with Crippen LogP contribution in [0.25, 0.3) is 5.03 Å². The maximum absolute atomic E-state index is 8.67. The molecule has 0 saturated heterocycles. The molecular weight excluding hydrogens is 198 g/mol. The maximum atomic E-state index is 8.67. The van der Waals surface area contributed by atoms with Crippen LogP contribution in [0.3, 0.4) is 0 Å². The highest BCUT2D eigenvalue weighted by atomic mass is 35.5. The molecular formula is C11H10ClNO. The van der Waals surface area contributed by atoms with Crippen LogP contribution in [-0.2, 0) is 0 Å². The first-order valence-electron chi connectivity index (χ1n) is 4.10. The minimum Gasteiger partial charge on any atom is -0.497 e. The molecule has 0 unspecified atom stereocenters. The van der Waals surface area contributed by atoms with Crippen molar-refractivity contribution in [3.05, 3.63) is 35.4 Å². The number of hydrogen-bond acceptors (Lipinski definition) is 2. The predicted octanol–water partition coefficient (Wildman–Crippen LogP) is 3.19. The summed E-state index contributed by atoms with van der Waals surface area (Å²) in [6, 6.07) is 9.30. The Morgan fingerprint density at radius 3 is 2.79 bits per heavy atom. The van der Waals surface area contributed by atoms with E-state index in [9.17, 15) is 0 Å². The van der Waals surface area contributed by atoms with Crippen LogP contribution < -0.4 is 4.74 Å². The Bertz CT molecular complexity index is 404. The van der Waals surface area contributed by atoms with E-state index in [1.807, 2.05) is 24.3 Å². The van der Waals surface area contributed by atoms with Crippen LogP contribution in [0, 0.1) is 11.3 Å². The summed E-state index contributed by atoms with van der Waals surface area (Å²) in [4.78, 5) is 0. The highest BCUT2D eigenvalue weighted by Gasteiger charge is 2.03. The normalized spacial score (nSPS) is 11.6. The molecule has 1 aromatic rings. The van der Waals surface area contributed by atoms with Crippen molar-refractivity contribution in [3.63, 3.8) is 0 Å². The molecule has 0 spiro atoms. The summed E-state index contributed by atoms with van der Waals surface area (Å²) in [5, 5.41) is 9.13. The molecule has 0 amide bonds. The molecule has 72 valence electrons. The van der Waals surface area contributed by atoms with Crippen molar-refractivity contribution in [2.24, 2.45) is 0 Å². The average Bonchev–Trinajstić information content (AvgIpc) is 2.27. The minimum atomic E-state index is 0.464. The molecule has 1 aromatic carbocycles. The van der Waals surface area contributed by atoms with E-state index in [-0.39, 0.29) is 0 Å². The lowest BCUT2D eigenvalue weighted by molar-refractivity contribution is 0.414. The van der Waals surface area contributed by atoms with Gasteiger partial charge in [-0.05, 0) is 24.6 Å². The molecule has 0 bridgehead atoms. The monoisotopic (exact) mass is 207 g/mol. The van der Waals surface area contributed by atoms with Crippen molar-refractivity contribution in [2.45, 2.75) is 6.92 Å². The summed E-state index contributed by atoms with van der Waals surface area (Å²) in [7, 11) is 1.59. The molecule has 0 heterocycles. The predicted molar refractivity (Wildman–Crippen MR) is 57.1 cm³/mol. The van der Waals surface area contributed by atoms with Crippen molar-refractivity contribution in [3.8, 4) is 11.8 Å². The third-order valence-corrected chi connectivity index (χ3v) is 2.32. The Labute approximate surface area is 88.4 Å². The van der Waals surface area contributed by atoms with Crippen LogP contribution in [0.1, 0.15) is 12.5 Å². The number of nitrogens with zero attached hydrogens (tertiary/aromatic N) is 1. The number of methoxy groups -OCH3 is 1. The Morgan fingerprint density at radius 1 is 1.50 bits per heavy atom. The Hall–Kier alpha value is -1.46. The van der Waals surface area contributed by atoms with E-state index in [4.69, 9.17) is 21.6 Å². The van der Waals surface area contributed by atoms with Gasteiger partial charge in [0.1, 0.15) is 5.75 Å². The van der Waals surface area contributed by atoms with E-state index in [0.717, 1.165) is 11.3 Å². The van der Waals surface area contributed by atoms with Gasteiger partial charge in [-0.25, -0.2) is 0 Å². The van der Waals surface area contributed by atoms with Crippen molar-refractivity contribution < 1.29 is 4.74 Å². The van der Waals surface area contributed by atoms with Crippen LogP contribution in [0.4, 0.5) is 0 Å². The number of hydrogen-bond donors (Lipinski definition) is 0. The lowest BCUT2D eigenvalue weighted by atomic mass is 10.1. The first-order valence-corrected chi connectivity index (χ1v) is 4.47. The van der Waals surface area contributed by atoms with Gasteiger partial charge in [-0.1, -0.05) is 23.7 Å². The van der Waals surface area contributed by atoms with E-state index in [2.05, 4.69) is 0 Å². The minimum absolute atomic E-state index is 0.464. The lowest BCUT2D eigenvalue weighted by Crippen LogP contribution is -1.85. The highest BCUT2D eigenvalue weighted by Crippen LogP contribution is 2.25. The van der Waals surface area contributed by atoms with Crippen LogP contribution in [-0.4, -0.2) is 7.11 Å². The first-order chi connectivity index (χ1) is 6.69. The molecule has 14 heavy (non-hydrogen) atoms. The molecule has 0 N–H and O–H groups in total. The lowest BCUT2D eigenvalue weighted by Gasteiger charge is -2.03. The van der Waals surface area contributed by atoms with Gasteiger partial charge >= 0.3 is 0 Å². The van der Waals surface area contributed by atoms with Gasteiger partial charge in [0.05, 0.1) is 18.2 Å². The SMILES string of the molecule is COc1cccc(C(Cl)=C(C)C#N)c1. The van der Waals surface area contributed by atoms with Crippen LogP contribution >= 0.6 is 11.6 Å². The number of allylic oxidation sites excluding steroid dienone is 1. The largest absolute Gasteiger partial charge is 0.497 e. The second-order valence-electron chi connectivity index (χ2n) is 2.78. The zero-order chi connectivity index (χ0) is 10.6. The van der Waals surface area contributed by atoms with Crippen LogP contribution in [0.15, 0.2) is 29.8 Å². The van der Waals surface area contributed by atoms with Gasteiger partial charge in [-0.2, -0.15) is 5.26 Å². The number of nitriles is 1. The molecule has 0 atom stereocenters. The summed E-state index contributed by atoms with van der Waals surface area (Å²) >= 11 is 5.99. The number of benzene rings is 1. The van der Waals surface area contributed by atoms with Crippen LogP contribution in [0.5, 0.6) is 5.75 Å². The summed E-state index contributed by atoms with van der Waals surface area (Å²) in [5.74, 6) is 0.728. The molecule has 1 rings (SSSR count). The Kier molecular flexibility index (Phi) is 3.55. The quantitative estimate of drug-likeness (QED) is 0.698. The van der Waals surface area contributed by atoms with Gasteiger partial charge in [-0.15, -0.1) is 0 Å². The zero-order valence-corrected chi connectivity index (χ0v) is 8.80. The van der Waals surface area contributed by atoms with E-state index < -0.39 is 0 Å². The van der Waals surface area contributed by atoms with E-state index in [0.29, 0.717) is 10.6 Å². The average molecular weight is 208 g/mol. The standard InChI is InChI=1S/C11H10ClNO/c1-8(7-13)11(12)9-4-3-5-10(6-9)14-2/h3-6H,1-2H3. The smallest absolute Gasteiger partial charge is 0.119 e. The van der Waals surface area contributed by atoms with Crippen molar-refractivity contribution in [1.29, 1.82) is 5.26 Å². The number of ether oxygens (including phenoxy) is 1. The van der Waals surface area contributed by atoms with Gasteiger partial charge in [-0.3, -0.25) is 0 Å². The van der Waals surface area contributed by atoms with Gasteiger partial charge in [0.15, 0.2) is 0 Å². The van der Waals surface area contributed by atoms with Gasteiger partial charge in [0.25, 0.3) is 0 Å². The zero-order valence-electron chi connectivity index (χ0n) is 8.04. The fourth-order valence-corrected chi connectivity index (χ4v) is 1.18. The molecule has 0 aliphatic rings. The molecule has 0 aromatic heterocycles. The maximum Gasteiger partial charge on any atom is 0.119 e. The highest BCUT2D eigenvalue weighted by molar-refractivity contribution is 6.49. The van der Waals surface area contributed by atoms with Gasteiger partial charge in [0, 0.05) is 5.57 Å². The van der Waals surface area contributed by atoms with Crippen molar-refractivity contribution in [1.82, 2.24) is 0 Å². The van der Waals surface area contributed by atoms with Crippen molar-refractivity contribution in [2.75, 3.05) is 7.11 Å². The Morgan fingerprint density at radius 2 is 2.21 bits per heavy atom. The summed E-state index contributed by atoms with van der Waals surface area (Å²) in [5.41, 5.74) is 1.30. The van der Waals surface area contributed by atoms with E-state index in [1.165, 1.54) is 0 Å². The molecule has 0 aliphatic heterocycles. The molecule has 0 aliphatic carbocycles. The molecule has 3 heteroatoms. The second kappa shape index (κ2) is 4.69. The van der Waals surface area contributed by atoms with E-state index >= 15 is 0 Å². The van der Waals surface area contributed by atoms with Crippen LogP contribution in [0.2, 0.25) is 0 Å². The molecule has 0 saturated carbocycles. The third kappa shape index (κ3) is 2.27. The summed E-state index contributed by atoms with van der Waals surface area (Å²) < 4.78 is 5.05. The summed E-state index contributed by atoms with van der Waals surface area (Å²) in [6.45, 7) is 1.68. The van der Waals surface area contributed by atoms with Crippen molar-refractivity contribution >= 4 is 16.6 Å². The van der Waals surface area contributed by atoms with Gasteiger partial charge in [0.2, 0.25) is 0 Å². The molecule has 0 fully saturated rings. The Balaban J connectivity index is 3.15. The number of rotatable bonds is 2. The second-order valence-corrected chi connectivity index (χ2v) is 3.16. The third-order valence-electron chi connectivity index (χ3n) is 1.82. The van der Waals surface area contributed by atoms with E-state index in [1.54, 1.807) is 20.1 Å². The number of halogens is 1. The summed E-state index contributed by atoms with van der Waals surface area (Å²) in [6.07, 6.45) is 0. The first kappa shape index (κ1) is 10.6. The topological polar surface area (TPSA) is 33.0 Å². The molecule has 0 radical (unpaired) electrons.